The second-order valence-corrected chi connectivity index (χ2v) is 6.44. The first-order valence-electron chi connectivity index (χ1n) is 6.46. The van der Waals surface area contributed by atoms with Gasteiger partial charge in [0.15, 0.2) is 0 Å². The number of nitrogens with zero attached hydrogens (tertiary/aromatic N) is 2. The lowest BCUT2D eigenvalue weighted by Crippen LogP contribution is -2.38. The van der Waals surface area contributed by atoms with E-state index in [1.807, 2.05) is 0 Å². The normalized spacial score (nSPS) is 27.2. The Kier molecular flexibility index (Phi) is 3.76. The van der Waals surface area contributed by atoms with Crippen molar-refractivity contribution in [2.75, 3.05) is 0 Å². The number of hydrogen-bond donors (Lipinski definition) is 1. The summed E-state index contributed by atoms with van der Waals surface area (Å²) in [5.74, 6) is -1.77. The van der Waals surface area contributed by atoms with Gasteiger partial charge < -0.3 is 10.0 Å². The highest BCUT2D eigenvalue weighted by Crippen LogP contribution is 2.43. The second-order valence-electron chi connectivity index (χ2n) is 5.27. The number of carbonyl (C=O) groups excluding carboxylic acids is 1. The van der Waals surface area contributed by atoms with E-state index >= 15 is 0 Å². The lowest BCUT2D eigenvalue weighted by Gasteiger charge is -2.23. The third kappa shape index (κ3) is 2.28. The van der Waals surface area contributed by atoms with Gasteiger partial charge in [-0.05, 0) is 19.3 Å². The summed E-state index contributed by atoms with van der Waals surface area (Å²) in [6.07, 6.45) is 3.24. The fourth-order valence-corrected chi connectivity index (χ4v) is 3.85. The SMILES string of the molecule is O=C(O)C1CC2CCC1N2C(=O)c1ncc(Cl)c(Cl)c1Cl. The molecule has 0 spiro atoms. The summed E-state index contributed by atoms with van der Waals surface area (Å²) in [6, 6.07) is -0.372. The second kappa shape index (κ2) is 5.30. The Balaban J connectivity index is 1.94. The Morgan fingerprint density at radius 3 is 2.57 bits per heavy atom. The van der Waals surface area contributed by atoms with Crippen molar-refractivity contribution in [3.63, 3.8) is 0 Å². The molecule has 3 atom stereocenters. The lowest BCUT2D eigenvalue weighted by molar-refractivity contribution is -0.142. The van der Waals surface area contributed by atoms with E-state index in [1.54, 1.807) is 4.90 Å². The van der Waals surface area contributed by atoms with Crippen molar-refractivity contribution in [3.8, 4) is 0 Å². The van der Waals surface area contributed by atoms with E-state index < -0.39 is 11.9 Å². The van der Waals surface area contributed by atoms with Crippen LogP contribution in [0.25, 0.3) is 0 Å². The molecule has 3 heterocycles. The van der Waals surface area contributed by atoms with Gasteiger partial charge in [0.1, 0.15) is 5.69 Å². The minimum atomic E-state index is -0.867. The molecule has 1 N–H and O–H groups in total. The van der Waals surface area contributed by atoms with E-state index in [9.17, 15) is 14.7 Å². The Bertz CT molecular complexity index is 637. The molecule has 112 valence electrons. The molecule has 0 radical (unpaired) electrons. The van der Waals surface area contributed by atoms with Crippen LogP contribution in [-0.2, 0) is 4.79 Å². The molecule has 3 unspecified atom stereocenters. The van der Waals surface area contributed by atoms with E-state index in [-0.39, 0.29) is 38.8 Å². The van der Waals surface area contributed by atoms with Gasteiger partial charge in [-0.1, -0.05) is 34.8 Å². The van der Waals surface area contributed by atoms with Gasteiger partial charge in [0.2, 0.25) is 0 Å². The molecule has 2 fully saturated rings. The van der Waals surface area contributed by atoms with Gasteiger partial charge >= 0.3 is 5.97 Å². The molecular weight excluding hydrogens is 339 g/mol. The number of carboxylic acids is 1. The Hall–Kier alpha value is -1.04. The average Bonchev–Trinajstić information content (AvgIpc) is 3.02. The monoisotopic (exact) mass is 348 g/mol. The molecule has 2 bridgehead atoms. The first kappa shape index (κ1) is 14.9. The maximum atomic E-state index is 12.6. The third-order valence-corrected chi connectivity index (χ3v) is 5.45. The molecule has 0 aromatic carbocycles. The highest BCUT2D eigenvalue weighted by atomic mass is 35.5. The predicted octanol–water partition coefficient (Wildman–Crippen LogP) is 3.12. The molecule has 2 aliphatic rings. The van der Waals surface area contributed by atoms with E-state index in [4.69, 9.17) is 34.8 Å². The van der Waals surface area contributed by atoms with Crippen molar-refractivity contribution < 1.29 is 14.7 Å². The number of carbonyl (C=O) groups is 2. The fourth-order valence-electron chi connectivity index (χ4n) is 3.29. The molecule has 2 saturated heterocycles. The summed E-state index contributed by atoms with van der Waals surface area (Å²) < 4.78 is 0. The van der Waals surface area contributed by atoms with Gasteiger partial charge in [-0.25, -0.2) is 4.98 Å². The van der Waals surface area contributed by atoms with Crippen molar-refractivity contribution in [2.45, 2.75) is 31.3 Å². The topological polar surface area (TPSA) is 70.5 Å². The zero-order valence-electron chi connectivity index (χ0n) is 10.7. The minimum absolute atomic E-state index is 0.00680. The summed E-state index contributed by atoms with van der Waals surface area (Å²) in [6.45, 7) is 0. The molecule has 1 amide bonds. The van der Waals surface area contributed by atoms with Crippen LogP contribution in [0.3, 0.4) is 0 Å². The van der Waals surface area contributed by atoms with Gasteiger partial charge in [-0.2, -0.15) is 0 Å². The summed E-state index contributed by atoms with van der Waals surface area (Å²) in [7, 11) is 0. The van der Waals surface area contributed by atoms with Crippen molar-refractivity contribution in [1.29, 1.82) is 0 Å². The van der Waals surface area contributed by atoms with Crippen LogP contribution >= 0.6 is 34.8 Å². The van der Waals surface area contributed by atoms with Crippen LogP contribution in [-0.4, -0.2) is 39.0 Å². The minimum Gasteiger partial charge on any atom is -0.481 e. The van der Waals surface area contributed by atoms with Gasteiger partial charge in [0, 0.05) is 18.3 Å². The molecule has 21 heavy (non-hydrogen) atoms. The zero-order valence-corrected chi connectivity index (χ0v) is 13.0. The van der Waals surface area contributed by atoms with Crippen LogP contribution < -0.4 is 0 Å². The summed E-state index contributed by atoms with van der Waals surface area (Å²) >= 11 is 17.8. The van der Waals surface area contributed by atoms with Crippen molar-refractivity contribution in [2.24, 2.45) is 5.92 Å². The average molecular weight is 350 g/mol. The number of aromatic nitrogens is 1. The predicted molar refractivity (Wildman–Crippen MR) is 78.0 cm³/mol. The van der Waals surface area contributed by atoms with Crippen molar-refractivity contribution in [1.82, 2.24) is 9.88 Å². The molecular formula is C13H11Cl3N2O3. The summed E-state index contributed by atoms with van der Waals surface area (Å²) in [5, 5.41) is 9.48. The zero-order chi connectivity index (χ0) is 15.3. The third-order valence-electron chi connectivity index (χ3n) is 4.21. The number of pyridine rings is 1. The van der Waals surface area contributed by atoms with Crippen LogP contribution in [0.2, 0.25) is 15.1 Å². The van der Waals surface area contributed by atoms with Crippen molar-refractivity contribution in [3.05, 3.63) is 27.0 Å². The first-order chi connectivity index (χ1) is 9.91. The van der Waals surface area contributed by atoms with Crippen LogP contribution in [0.15, 0.2) is 6.20 Å². The van der Waals surface area contributed by atoms with Crippen LogP contribution in [0.4, 0.5) is 0 Å². The Labute approximate surface area is 135 Å². The summed E-state index contributed by atoms with van der Waals surface area (Å²) in [4.78, 5) is 29.4. The Morgan fingerprint density at radius 2 is 1.95 bits per heavy atom. The smallest absolute Gasteiger partial charge is 0.308 e. The van der Waals surface area contributed by atoms with Gasteiger partial charge in [0.25, 0.3) is 5.91 Å². The van der Waals surface area contributed by atoms with Crippen LogP contribution in [0.1, 0.15) is 29.8 Å². The Morgan fingerprint density at radius 1 is 1.24 bits per heavy atom. The maximum Gasteiger partial charge on any atom is 0.308 e. The molecule has 1 aromatic rings. The molecule has 0 saturated carbocycles. The molecule has 3 rings (SSSR count). The fraction of sp³-hybridized carbons (Fsp3) is 0.462. The molecule has 1 aromatic heterocycles. The number of fused-ring (bicyclic) bond motifs is 2. The van der Waals surface area contributed by atoms with E-state index in [0.29, 0.717) is 12.8 Å². The lowest BCUT2D eigenvalue weighted by atomic mass is 9.89. The number of amides is 1. The van der Waals surface area contributed by atoms with Crippen LogP contribution in [0, 0.1) is 5.92 Å². The molecule has 0 aliphatic carbocycles. The van der Waals surface area contributed by atoms with Gasteiger partial charge in [0.05, 0.1) is 21.0 Å². The van der Waals surface area contributed by atoms with E-state index in [2.05, 4.69) is 4.98 Å². The van der Waals surface area contributed by atoms with Gasteiger partial charge in [-0.3, -0.25) is 9.59 Å². The standard InChI is InChI=1S/C13H11Cl3N2O3/c14-7-4-17-11(10(16)9(7)15)12(19)18-5-1-2-8(18)6(3-5)13(20)21/h4-6,8H,1-3H2,(H,20,21). The van der Waals surface area contributed by atoms with Crippen molar-refractivity contribution >= 4 is 46.7 Å². The number of hydrogen-bond acceptors (Lipinski definition) is 3. The van der Waals surface area contributed by atoms with Crippen LogP contribution in [0.5, 0.6) is 0 Å². The highest BCUT2D eigenvalue weighted by molar-refractivity contribution is 6.48. The maximum absolute atomic E-state index is 12.6. The van der Waals surface area contributed by atoms with E-state index in [1.165, 1.54) is 6.20 Å². The quantitative estimate of drug-likeness (QED) is 0.890. The largest absolute Gasteiger partial charge is 0.481 e. The van der Waals surface area contributed by atoms with E-state index in [0.717, 1.165) is 6.42 Å². The number of carboxylic acid groups (broad SMARTS) is 1. The number of aliphatic carboxylic acids is 1. The highest BCUT2D eigenvalue weighted by Gasteiger charge is 2.51. The molecule has 8 heteroatoms. The summed E-state index contributed by atoms with van der Waals surface area (Å²) in [5.41, 5.74) is 0.0222. The molecule has 5 nitrogen and oxygen atoms in total. The number of halogens is 3. The molecule has 2 aliphatic heterocycles. The first-order valence-corrected chi connectivity index (χ1v) is 7.60. The number of rotatable bonds is 2. The van der Waals surface area contributed by atoms with Gasteiger partial charge in [-0.15, -0.1) is 0 Å².